The van der Waals surface area contributed by atoms with E-state index in [9.17, 15) is 4.79 Å². The van der Waals surface area contributed by atoms with Crippen molar-refractivity contribution in [3.8, 4) is 0 Å². The van der Waals surface area contributed by atoms with E-state index in [0.29, 0.717) is 6.04 Å². The average molecular weight is 207 g/mol. The predicted molar refractivity (Wildman–Crippen MR) is 61.8 cm³/mol. The Kier molecular flexibility index (Phi) is 3.57. The molecule has 84 valence electrons. The summed E-state index contributed by atoms with van der Waals surface area (Å²) in [5.41, 5.74) is 0.828. The highest BCUT2D eigenvalue weighted by molar-refractivity contribution is 5.99. The van der Waals surface area contributed by atoms with E-state index in [1.54, 1.807) is 0 Å². The van der Waals surface area contributed by atoms with Crippen LogP contribution in [0.3, 0.4) is 0 Å². The number of nitrogens with one attached hydrogen (secondary N) is 1. The Balaban J connectivity index is 1.86. The first-order valence-corrected chi connectivity index (χ1v) is 6.25. The van der Waals surface area contributed by atoms with E-state index in [1.165, 1.54) is 32.1 Å². The van der Waals surface area contributed by atoms with Gasteiger partial charge in [-0.3, -0.25) is 4.79 Å². The first kappa shape index (κ1) is 10.9. The number of rotatable bonds is 2. The van der Waals surface area contributed by atoms with E-state index in [4.69, 9.17) is 0 Å². The molecule has 0 amide bonds. The summed E-state index contributed by atoms with van der Waals surface area (Å²) in [4.78, 5) is 11.8. The van der Waals surface area contributed by atoms with E-state index in [-0.39, 0.29) is 11.8 Å². The average Bonchev–Trinajstić information content (AvgIpc) is 2.26. The first-order valence-electron chi connectivity index (χ1n) is 6.25. The minimum Gasteiger partial charge on any atom is -0.304 e. The van der Waals surface area contributed by atoms with Gasteiger partial charge in [0.1, 0.15) is 0 Å². The molecule has 2 rings (SSSR count). The van der Waals surface area contributed by atoms with Gasteiger partial charge in [0.05, 0.1) is 6.04 Å². The molecule has 0 aromatic heterocycles. The normalized spacial score (nSPS) is 29.5. The lowest BCUT2D eigenvalue weighted by Gasteiger charge is -2.30. The molecule has 2 nitrogen and oxygen atoms in total. The predicted octanol–water partition coefficient (Wildman–Crippen LogP) is 2.59. The van der Waals surface area contributed by atoms with E-state index in [1.807, 2.05) is 0 Å². The molecule has 0 aromatic carbocycles. The van der Waals surface area contributed by atoms with Crippen molar-refractivity contribution >= 4 is 5.78 Å². The van der Waals surface area contributed by atoms with Crippen molar-refractivity contribution < 1.29 is 4.79 Å². The molecule has 0 spiro atoms. The maximum absolute atomic E-state index is 11.8. The van der Waals surface area contributed by atoms with E-state index >= 15 is 0 Å². The number of carbonyl (C=O) groups excluding carboxylic acids is 1. The molecule has 2 fully saturated rings. The lowest BCUT2D eigenvalue weighted by atomic mass is 9.88. The van der Waals surface area contributed by atoms with Crippen molar-refractivity contribution in [1.82, 2.24) is 5.32 Å². The second-order valence-electron chi connectivity index (χ2n) is 4.91. The molecule has 0 aliphatic heterocycles. The Labute approximate surface area is 92.1 Å². The van der Waals surface area contributed by atoms with Crippen LogP contribution in [0, 0.1) is 0 Å². The molecule has 0 radical (unpaired) electrons. The van der Waals surface area contributed by atoms with Crippen LogP contribution in [-0.2, 0) is 4.79 Å². The summed E-state index contributed by atoms with van der Waals surface area (Å²) in [5, 5.41) is 3.53. The number of Topliss-reactive ketones (excluding diaryl/α,β-unsaturated/α-hetero) is 1. The SMILES string of the molecule is C=C1CCCC(NC2CCCCC2)C1=O. The number of hydrogen-bond acceptors (Lipinski definition) is 2. The fourth-order valence-corrected chi connectivity index (χ4v) is 2.73. The summed E-state index contributed by atoms with van der Waals surface area (Å²) in [6.45, 7) is 3.85. The van der Waals surface area contributed by atoms with Gasteiger partial charge >= 0.3 is 0 Å². The topological polar surface area (TPSA) is 29.1 Å². The lowest BCUT2D eigenvalue weighted by molar-refractivity contribution is -0.118. The van der Waals surface area contributed by atoms with Gasteiger partial charge in [-0.25, -0.2) is 0 Å². The van der Waals surface area contributed by atoms with Gasteiger partial charge in [-0.05, 0) is 37.7 Å². The second-order valence-corrected chi connectivity index (χ2v) is 4.91. The Morgan fingerprint density at radius 3 is 2.53 bits per heavy atom. The van der Waals surface area contributed by atoms with Gasteiger partial charge in [-0.2, -0.15) is 0 Å². The molecular formula is C13H21NO. The second kappa shape index (κ2) is 4.93. The summed E-state index contributed by atoms with van der Waals surface area (Å²) >= 11 is 0. The van der Waals surface area contributed by atoms with Crippen molar-refractivity contribution in [2.45, 2.75) is 63.5 Å². The molecule has 2 aliphatic carbocycles. The quantitative estimate of drug-likeness (QED) is 0.705. The highest BCUT2D eigenvalue weighted by Crippen LogP contribution is 2.22. The third-order valence-corrected chi connectivity index (χ3v) is 3.68. The zero-order chi connectivity index (χ0) is 10.7. The van der Waals surface area contributed by atoms with Crippen molar-refractivity contribution in [3.63, 3.8) is 0 Å². The summed E-state index contributed by atoms with van der Waals surface area (Å²) < 4.78 is 0. The summed E-state index contributed by atoms with van der Waals surface area (Å²) in [7, 11) is 0. The molecule has 0 saturated heterocycles. The fraction of sp³-hybridized carbons (Fsp3) is 0.769. The van der Waals surface area contributed by atoms with E-state index in [0.717, 1.165) is 24.8 Å². The smallest absolute Gasteiger partial charge is 0.175 e. The summed E-state index contributed by atoms with van der Waals surface area (Å²) in [6.07, 6.45) is 9.53. The monoisotopic (exact) mass is 207 g/mol. The van der Waals surface area contributed by atoms with Crippen molar-refractivity contribution in [2.24, 2.45) is 0 Å². The van der Waals surface area contributed by atoms with Crippen LogP contribution >= 0.6 is 0 Å². The van der Waals surface area contributed by atoms with Gasteiger partial charge < -0.3 is 5.32 Å². The molecule has 2 heteroatoms. The van der Waals surface area contributed by atoms with E-state index < -0.39 is 0 Å². The highest BCUT2D eigenvalue weighted by Gasteiger charge is 2.27. The van der Waals surface area contributed by atoms with Gasteiger partial charge in [-0.1, -0.05) is 25.8 Å². The third kappa shape index (κ3) is 2.69. The van der Waals surface area contributed by atoms with Crippen LogP contribution in [0.15, 0.2) is 12.2 Å². The van der Waals surface area contributed by atoms with Crippen LogP contribution in [0.1, 0.15) is 51.4 Å². The van der Waals surface area contributed by atoms with Crippen molar-refractivity contribution in [2.75, 3.05) is 0 Å². The minimum absolute atomic E-state index is 0.0781. The van der Waals surface area contributed by atoms with Gasteiger partial charge in [0.25, 0.3) is 0 Å². The van der Waals surface area contributed by atoms with Crippen LogP contribution in [-0.4, -0.2) is 17.9 Å². The maximum Gasteiger partial charge on any atom is 0.175 e. The zero-order valence-electron chi connectivity index (χ0n) is 9.43. The van der Waals surface area contributed by atoms with Crippen molar-refractivity contribution in [1.29, 1.82) is 0 Å². The Morgan fingerprint density at radius 2 is 1.80 bits per heavy atom. The molecule has 15 heavy (non-hydrogen) atoms. The van der Waals surface area contributed by atoms with Crippen LogP contribution in [0.25, 0.3) is 0 Å². The van der Waals surface area contributed by atoms with Gasteiger partial charge in [0.2, 0.25) is 0 Å². The summed E-state index contributed by atoms with van der Waals surface area (Å²) in [5.74, 6) is 0.270. The van der Waals surface area contributed by atoms with Gasteiger partial charge in [-0.15, -0.1) is 0 Å². The largest absolute Gasteiger partial charge is 0.304 e. The fourth-order valence-electron chi connectivity index (χ4n) is 2.73. The van der Waals surface area contributed by atoms with Gasteiger partial charge in [0.15, 0.2) is 5.78 Å². The molecule has 2 saturated carbocycles. The Morgan fingerprint density at radius 1 is 1.07 bits per heavy atom. The Bertz CT molecular complexity index is 253. The number of ketones is 1. The third-order valence-electron chi connectivity index (χ3n) is 3.68. The Hall–Kier alpha value is -0.630. The van der Waals surface area contributed by atoms with Crippen LogP contribution < -0.4 is 5.32 Å². The molecule has 1 atom stereocenters. The van der Waals surface area contributed by atoms with Crippen LogP contribution in [0.4, 0.5) is 0 Å². The molecule has 1 N–H and O–H groups in total. The molecular weight excluding hydrogens is 186 g/mol. The maximum atomic E-state index is 11.8. The first-order chi connectivity index (χ1) is 7.27. The lowest BCUT2D eigenvalue weighted by Crippen LogP contribution is -2.46. The molecule has 1 unspecified atom stereocenters. The molecule has 0 bridgehead atoms. The standard InChI is InChI=1S/C13H21NO/c1-10-6-5-9-12(13(10)15)14-11-7-3-2-4-8-11/h11-12,14H,1-9H2. The molecule has 0 heterocycles. The molecule has 0 aromatic rings. The zero-order valence-corrected chi connectivity index (χ0v) is 9.43. The van der Waals surface area contributed by atoms with E-state index in [2.05, 4.69) is 11.9 Å². The summed E-state index contributed by atoms with van der Waals surface area (Å²) in [6, 6.07) is 0.660. The van der Waals surface area contributed by atoms with Crippen LogP contribution in [0.2, 0.25) is 0 Å². The van der Waals surface area contributed by atoms with Crippen LogP contribution in [0.5, 0.6) is 0 Å². The van der Waals surface area contributed by atoms with Gasteiger partial charge in [0, 0.05) is 6.04 Å². The van der Waals surface area contributed by atoms with Crippen molar-refractivity contribution in [3.05, 3.63) is 12.2 Å². The molecule has 2 aliphatic rings. The number of carbonyl (C=O) groups is 1. The number of hydrogen-bond donors (Lipinski definition) is 1. The minimum atomic E-state index is 0.0781. The highest BCUT2D eigenvalue weighted by atomic mass is 16.1.